The van der Waals surface area contributed by atoms with E-state index in [9.17, 15) is 8.78 Å². The molecule has 1 nitrogen and oxygen atoms in total. The fourth-order valence-electron chi connectivity index (χ4n) is 2.26. The van der Waals surface area contributed by atoms with Crippen LogP contribution in [0.5, 0.6) is 0 Å². The van der Waals surface area contributed by atoms with Crippen LogP contribution >= 0.6 is 11.3 Å². The molecule has 0 radical (unpaired) electrons. The minimum atomic E-state index is -0.539. The van der Waals surface area contributed by atoms with Crippen molar-refractivity contribution in [3.05, 3.63) is 57.3 Å². The van der Waals surface area contributed by atoms with Crippen LogP contribution in [0.2, 0.25) is 0 Å². The molecule has 0 bridgehead atoms. The summed E-state index contributed by atoms with van der Waals surface area (Å²) in [5, 5.41) is 5.40. The number of thiophene rings is 1. The molecule has 1 aromatic heterocycles. The molecule has 108 valence electrons. The van der Waals surface area contributed by atoms with Gasteiger partial charge in [0.25, 0.3) is 0 Å². The molecule has 2 aromatic rings. The Kier molecular flexibility index (Phi) is 5.26. The molecule has 0 spiro atoms. The molecule has 0 saturated heterocycles. The molecule has 1 atom stereocenters. The average molecular weight is 295 g/mol. The fourth-order valence-corrected chi connectivity index (χ4v) is 3.35. The summed E-state index contributed by atoms with van der Waals surface area (Å²) in [7, 11) is 0. The Morgan fingerprint density at radius 2 is 2.00 bits per heavy atom. The topological polar surface area (TPSA) is 12.0 Å². The second kappa shape index (κ2) is 6.95. The van der Waals surface area contributed by atoms with Crippen LogP contribution in [0.15, 0.2) is 29.6 Å². The summed E-state index contributed by atoms with van der Waals surface area (Å²) in [6.07, 6.45) is 1.87. The largest absolute Gasteiger partial charge is 0.306 e. The molecule has 0 aliphatic heterocycles. The first-order valence-corrected chi connectivity index (χ1v) is 7.79. The molecule has 1 N–H and O–H groups in total. The van der Waals surface area contributed by atoms with Gasteiger partial charge < -0.3 is 5.32 Å². The van der Waals surface area contributed by atoms with E-state index in [1.54, 1.807) is 11.3 Å². The Hall–Kier alpha value is -1.26. The van der Waals surface area contributed by atoms with Crippen LogP contribution < -0.4 is 5.32 Å². The van der Waals surface area contributed by atoms with Crippen molar-refractivity contribution in [3.8, 4) is 0 Å². The highest BCUT2D eigenvalue weighted by atomic mass is 32.1. The summed E-state index contributed by atoms with van der Waals surface area (Å²) in [6.45, 7) is 4.95. The van der Waals surface area contributed by atoms with Gasteiger partial charge >= 0.3 is 0 Å². The van der Waals surface area contributed by atoms with Gasteiger partial charge in [-0.2, -0.15) is 0 Å². The Morgan fingerprint density at radius 1 is 1.20 bits per heavy atom. The molecule has 1 aromatic carbocycles. The molecular weight excluding hydrogens is 276 g/mol. The van der Waals surface area contributed by atoms with Gasteiger partial charge in [-0.05, 0) is 42.5 Å². The number of hydrogen-bond donors (Lipinski definition) is 1. The van der Waals surface area contributed by atoms with Crippen molar-refractivity contribution in [1.29, 1.82) is 0 Å². The molecule has 2 rings (SSSR count). The zero-order valence-corrected chi connectivity index (χ0v) is 12.6. The summed E-state index contributed by atoms with van der Waals surface area (Å²) in [5.41, 5.74) is 1.73. The normalized spacial score (nSPS) is 12.6. The summed E-state index contributed by atoms with van der Waals surface area (Å²) < 4.78 is 27.2. The first kappa shape index (κ1) is 15.1. The summed E-state index contributed by atoms with van der Waals surface area (Å²) >= 11 is 1.62. The first-order chi connectivity index (χ1) is 9.67. The monoisotopic (exact) mass is 295 g/mol. The Labute approximate surface area is 122 Å². The van der Waals surface area contributed by atoms with Crippen molar-refractivity contribution in [3.63, 3.8) is 0 Å². The number of benzene rings is 1. The molecule has 4 heteroatoms. The van der Waals surface area contributed by atoms with E-state index in [0.717, 1.165) is 30.3 Å². The second-order valence-corrected chi connectivity index (χ2v) is 5.66. The zero-order chi connectivity index (χ0) is 14.5. The predicted octanol–water partition coefficient (Wildman–Crippen LogP) is 4.68. The number of halogens is 2. The lowest BCUT2D eigenvalue weighted by Crippen LogP contribution is -2.24. The van der Waals surface area contributed by atoms with Gasteiger partial charge in [-0.15, -0.1) is 11.3 Å². The van der Waals surface area contributed by atoms with E-state index in [4.69, 9.17) is 0 Å². The quantitative estimate of drug-likeness (QED) is 0.816. The van der Waals surface area contributed by atoms with Crippen molar-refractivity contribution in [1.82, 2.24) is 5.32 Å². The second-order valence-electron chi connectivity index (χ2n) is 4.72. The lowest BCUT2D eigenvalue weighted by Gasteiger charge is -2.20. The summed E-state index contributed by atoms with van der Waals surface area (Å²) in [5.74, 6) is -1.03. The smallest absolute Gasteiger partial charge is 0.131 e. The van der Waals surface area contributed by atoms with Gasteiger partial charge in [0.05, 0.1) is 6.04 Å². The van der Waals surface area contributed by atoms with Crippen molar-refractivity contribution in [2.75, 3.05) is 6.54 Å². The average Bonchev–Trinajstić information content (AvgIpc) is 2.89. The third kappa shape index (κ3) is 3.25. The third-order valence-corrected chi connectivity index (χ3v) is 4.32. The van der Waals surface area contributed by atoms with Gasteiger partial charge in [-0.3, -0.25) is 0 Å². The maximum absolute atomic E-state index is 14.1. The van der Waals surface area contributed by atoms with Crippen LogP contribution in [0.3, 0.4) is 0 Å². The van der Waals surface area contributed by atoms with E-state index in [1.165, 1.54) is 17.7 Å². The highest BCUT2D eigenvalue weighted by Crippen LogP contribution is 2.31. The van der Waals surface area contributed by atoms with Gasteiger partial charge in [-0.25, -0.2) is 8.78 Å². The first-order valence-electron chi connectivity index (χ1n) is 6.92. The van der Waals surface area contributed by atoms with E-state index < -0.39 is 11.6 Å². The lowest BCUT2D eigenvalue weighted by atomic mass is 10.0. The van der Waals surface area contributed by atoms with Crippen LogP contribution in [0.4, 0.5) is 8.78 Å². The van der Waals surface area contributed by atoms with Gasteiger partial charge in [0.1, 0.15) is 11.6 Å². The van der Waals surface area contributed by atoms with Crippen LogP contribution in [-0.2, 0) is 6.42 Å². The van der Waals surface area contributed by atoms with Crippen molar-refractivity contribution < 1.29 is 8.78 Å². The maximum Gasteiger partial charge on any atom is 0.131 e. The van der Waals surface area contributed by atoms with Crippen LogP contribution in [0.1, 0.15) is 42.3 Å². The van der Waals surface area contributed by atoms with Crippen molar-refractivity contribution >= 4 is 11.3 Å². The Balaban J connectivity index is 2.41. The molecule has 1 unspecified atom stereocenters. The predicted molar refractivity (Wildman–Crippen MR) is 80.2 cm³/mol. The molecule has 0 saturated carbocycles. The number of rotatable bonds is 6. The Morgan fingerprint density at radius 3 is 2.65 bits per heavy atom. The van der Waals surface area contributed by atoms with Crippen LogP contribution in [0.25, 0.3) is 0 Å². The highest BCUT2D eigenvalue weighted by molar-refractivity contribution is 7.10. The summed E-state index contributed by atoms with van der Waals surface area (Å²) in [4.78, 5) is 1.12. The molecule has 0 amide bonds. The standard InChI is InChI=1S/C16H19F2NS/c1-3-8-19-15(16-11(4-2)7-9-20-16)13-6-5-12(17)10-14(13)18/h5-7,9-10,15,19H,3-4,8H2,1-2H3. The molecule has 20 heavy (non-hydrogen) atoms. The third-order valence-electron chi connectivity index (χ3n) is 3.30. The summed E-state index contributed by atoms with van der Waals surface area (Å²) in [6, 6.07) is 5.68. The van der Waals surface area contributed by atoms with Gasteiger partial charge in [0.2, 0.25) is 0 Å². The molecular formula is C16H19F2NS. The lowest BCUT2D eigenvalue weighted by molar-refractivity contribution is 0.535. The van der Waals surface area contributed by atoms with E-state index in [0.29, 0.717) is 5.56 Å². The maximum atomic E-state index is 14.1. The van der Waals surface area contributed by atoms with Gasteiger partial charge in [-0.1, -0.05) is 19.9 Å². The Bertz CT molecular complexity index is 565. The van der Waals surface area contributed by atoms with Crippen LogP contribution in [-0.4, -0.2) is 6.54 Å². The van der Waals surface area contributed by atoms with Crippen molar-refractivity contribution in [2.24, 2.45) is 0 Å². The van der Waals surface area contributed by atoms with E-state index in [1.807, 2.05) is 5.38 Å². The molecule has 0 fully saturated rings. The number of aryl methyl sites for hydroxylation is 1. The SMILES string of the molecule is CCCNC(c1ccc(F)cc1F)c1sccc1CC. The zero-order valence-electron chi connectivity index (χ0n) is 11.7. The number of hydrogen-bond acceptors (Lipinski definition) is 2. The number of nitrogens with one attached hydrogen (secondary N) is 1. The minimum absolute atomic E-state index is 0.203. The van der Waals surface area contributed by atoms with E-state index in [-0.39, 0.29) is 6.04 Å². The molecule has 1 heterocycles. The highest BCUT2D eigenvalue weighted by Gasteiger charge is 2.21. The van der Waals surface area contributed by atoms with E-state index >= 15 is 0 Å². The molecule has 0 aliphatic carbocycles. The molecule has 0 aliphatic rings. The van der Waals surface area contributed by atoms with E-state index in [2.05, 4.69) is 25.2 Å². The fraction of sp³-hybridized carbons (Fsp3) is 0.375. The minimum Gasteiger partial charge on any atom is -0.306 e. The van der Waals surface area contributed by atoms with Gasteiger partial charge in [0, 0.05) is 16.5 Å². The van der Waals surface area contributed by atoms with Crippen molar-refractivity contribution in [2.45, 2.75) is 32.7 Å². The van der Waals surface area contributed by atoms with Gasteiger partial charge in [0.15, 0.2) is 0 Å². The van der Waals surface area contributed by atoms with Crippen LogP contribution in [0, 0.1) is 11.6 Å².